The van der Waals surface area contributed by atoms with Gasteiger partial charge in [0.25, 0.3) is 0 Å². The fourth-order valence-corrected chi connectivity index (χ4v) is 2.30. The van der Waals surface area contributed by atoms with E-state index in [0.29, 0.717) is 18.8 Å². The minimum Gasteiger partial charge on any atom is -0.463 e. The average molecular weight is 367 g/mol. The number of ether oxygens (including phenoxy) is 1. The molecule has 2 aromatic carbocycles. The van der Waals surface area contributed by atoms with E-state index in [2.05, 4.69) is 10.6 Å². The van der Waals surface area contributed by atoms with Gasteiger partial charge in [-0.25, -0.2) is 9.59 Å². The Morgan fingerprint density at radius 3 is 2.30 bits per heavy atom. The first-order valence-electron chi connectivity index (χ1n) is 8.74. The minimum absolute atomic E-state index is 0.276. The topological polar surface area (TPSA) is 70.7 Å². The fourth-order valence-electron chi connectivity index (χ4n) is 2.30. The third-order valence-corrected chi connectivity index (χ3v) is 3.77. The van der Waals surface area contributed by atoms with Gasteiger partial charge in [0.2, 0.25) is 0 Å². The van der Waals surface area contributed by atoms with E-state index < -0.39 is 0 Å². The second-order valence-electron chi connectivity index (χ2n) is 6.08. The molecule has 2 N–H and O–H groups in total. The molecular weight excluding hydrogens is 342 g/mol. The highest BCUT2D eigenvalue weighted by Gasteiger charge is 2.03. The maximum absolute atomic E-state index is 12.0. The maximum Gasteiger partial charge on any atom is 0.330 e. The number of nitrogens with zero attached hydrogens (tertiary/aromatic N) is 1. The molecule has 0 unspecified atom stereocenters. The number of anilines is 2. The van der Waals surface area contributed by atoms with Crippen molar-refractivity contribution >= 4 is 29.5 Å². The lowest BCUT2D eigenvalue weighted by molar-refractivity contribution is -0.137. The average Bonchev–Trinajstić information content (AvgIpc) is 2.66. The normalized spacial score (nSPS) is 10.5. The smallest absolute Gasteiger partial charge is 0.330 e. The van der Waals surface area contributed by atoms with E-state index in [1.807, 2.05) is 55.4 Å². The van der Waals surface area contributed by atoms with Gasteiger partial charge in [-0.3, -0.25) is 0 Å². The first-order chi connectivity index (χ1) is 13.0. The number of amides is 2. The van der Waals surface area contributed by atoms with Gasteiger partial charge in [-0.1, -0.05) is 24.3 Å². The van der Waals surface area contributed by atoms with Gasteiger partial charge in [0, 0.05) is 38.1 Å². The Balaban J connectivity index is 1.82. The number of rotatable bonds is 7. The molecule has 2 amide bonds. The number of hydrogen-bond donors (Lipinski definition) is 2. The summed E-state index contributed by atoms with van der Waals surface area (Å²) in [6.45, 7) is 2.55. The van der Waals surface area contributed by atoms with Crippen LogP contribution in [0.4, 0.5) is 16.2 Å². The molecule has 0 saturated carbocycles. The second-order valence-corrected chi connectivity index (χ2v) is 6.08. The van der Waals surface area contributed by atoms with Crippen LogP contribution in [-0.4, -0.2) is 32.7 Å². The van der Waals surface area contributed by atoms with Crippen LogP contribution in [0.3, 0.4) is 0 Å². The first kappa shape index (κ1) is 20.0. The number of urea groups is 1. The van der Waals surface area contributed by atoms with E-state index in [0.717, 1.165) is 16.8 Å². The summed E-state index contributed by atoms with van der Waals surface area (Å²) in [5.74, 6) is -0.377. The molecule has 2 rings (SSSR count). The highest BCUT2D eigenvalue weighted by atomic mass is 16.5. The van der Waals surface area contributed by atoms with Crippen LogP contribution in [0.5, 0.6) is 0 Å². The van der Waals surface area contributed by atoms with Crippen LogP contribution in [0, 0.1) is 0 Å². The Morgan fingerprint density at radius 1 is 1.04 bits per heavy atom. The summed E-state index contributed by atoms with van der Waals surface area (Å²) < 4.78 is 4.83. The number of hydrogen-bond acceptors (Lipinski definition) is 4. The van der Waals surface area contributed by atoms with Gasteiger partial charge >= 0.3 is 12.0 Å². The van der Waals surface area contributed by atoms with Crippen LogP contribution in [0.1, 0.15) is 18.1 Å². The second kappa shape index (κ2) is 10.0. The molecule has 0 fully saturated rings. The Morgan fingerprint density at radius 2 is 1.70 bits per heavy atom. The van der Waals surface area contributed by atoms with Gasteiger partial charge in [0.05, 0.1) is 6.61 Å². The molecule has 0 saturated heterocycles. The standard InChI is InChI=1S/C21H25N3O3/c1-4-27-20(25)14-9-16-5-10-18(11-6-16)23-21(26)22-15-17-7-12-19(13-8-17)24(2)3/h5-14H,4,15H2,1-3H3,(H2,22,23,26). The Kier molecular flexibility index (Phi) is 7.43. The Hall–Kier alpha value is -3.28. The van der Waals surface area contributed by atoms with Crippen molar-refractivity contribution in [3.8, 4) is 0 Å². The van der Waals surface area contributed by atoms with E-state index in [1.165, 1.54) is 6.08 Å². The van der Waals surface area contributed by atoms with Gasteiger partial charge in [-0.05, 0) is 48.4 Å². The summed E-state index contributed by atoms with van der Waals surface area (Å²) in [4.78, 5) is 25.3. The lowest BCUT2D eigenvalue weighted by Gasteiger charge is -2.13. The minimum atomic E-state index is -0.377. The summed E-state index contributed by atoms with van der Waals surface area (Å²) in [5, 5.41) is 5.61. The molecule has 0 aliphatic rings. The predicted molar refractivity (Wildman–Crippen MR) is 109 cm³/mol. The van der Waals surface area contributed by atoms with Crippen molar-refractivity contribution in [3.05, 3.63) is 65.7 Å². The highest BCUT2D eigenvalue weighted by Crippen LogP contribution is 2.13. The summed E-state index contributed by atoms with van der Waals surface area (Å²) >= 11 is 0. The maximum atomic E-state index is 12.0. The summed E-state index contributed by atoms with van der Waals surface area (Å²) in [7, 11) is 3.97. The molecule has 0 radical (unpaired) electrons. The van der Waals surface area contributed by atoms with Gasteiger partial charge in [-0.2, -0.15) is 0 Å². The quantitative estimate of drug-likeness (QED) is 0.579. The summed E-state index contributed by atoms with van der Waals surface area (Å²) in [5.41, 5.74) is 3.65. The van der Waals surface area contributed by atoms with E-state index in [-0.39, 0.29) is 12.0 Å². The number of esters is 1. The lowest BCUT2D eigenvalue weighted by Crippen LogP contribution is -2.28. The van der Waals surface area contributed by atoms with Crippen LogP contribution in [0.25, 0.3) is 6.08 Å². The third kappa shape index (κ3) is 6.86. The summed E-state index contributed by atoms with van der Waals surface area (Å²) in [6, 6.07) is 14.9. The molecule has 0 heterocycles. The molecule has 6 nitrogen and oxygen atoms in total. The zero-order valence-corrected chi connectivity index (χ0v) is 15.9. The third-order valence-electron chi connectivity index (χ3n) is 3.77. The molecule has 2 aromatic rings. The van der Waals surface area contributed by atoms with Crippen molar-refractivity contribution in [1.82, 2.24) is 5.32 Å². The predicted octanol–water partition coefficient (Wildman–Crippen LogP) is 3.65. The Labute approximate surface area is 159 Å². The Bertz CT molecular complexity index is 781. The molecule has 6 heteroatoms. The van der Waals surface area contributed by atoms with Crippen LogP contribution >= 0.6 is 0 Å². The van der Waals surface area contributed by atoms with Crippen molar-refractivity contribution in [3.63, 3.8) is 0 Å². The van der Waals surface area contributed by atoms with Gasteiger partial charge in [-0.15, -0.1) is 0 Å². The van der Waals surface area contributed by atoms with E-state index >= 15 is 0 Å². The van der Waals surface area contributed by atoms with Crippen LogP contribution in [-0.2, 0) is 16.1 Å². The van der Waals surface area contributed by atoms with Crippen molar-refractivity contribution in [1.29, 1.82) is 0 Å². The number of nitrogens with one attached hydrogen (secondary N) is 2. The zero-order valence-electron chi connectivity index (χ0n) is 15.9. The first-order valence-corrected chi connectivity index (χ1v) is 8.74. The van der Waals surface area contributed by atoms with Gasteiger partial charge in [0.1, 0.15) is 0 Å². The molecule has 0 atom stereocenters. The van der Waals surface area contributed by atoms with E-state index in [4.69, 9.17) is 4.74 Å². The molecule has 0 aliphatic carbocycles. The van der Waals surface area contributed by atoms with Crippen LogP contribution < -0.4 is 15.5 Å². The number of carbonyl (C=O) groups excluding carboxylic acids is 2. The molecule has 27 heavy (non-hydrogen) atoms. The molecule has 0 aromatic heterocycles. The van der Waals surface area contributed by atoms with E-state index in [1.54, 1.807) is 25.1 Å². The molecule has 0 aliphatic heterocycles. The van der Waals surface area contributed by atoms with Crippen molar-refractivity contribution < 1.29 is 14.3 Å². The fraction of sp³-hybridized carbons (Fsp3) is 0.238. The lowest BCUT2D eigenvalue weighted by atomic mass is 10.2. The van der Waals surface area contributed by atoms with Crippen LogP contribution in [0.15, 0.2) is 54.6 Å². The molecule has 0 spiro atoms. The van der Waals surface area contributed by atoms with E-state index in [9.17, 15) is 9.59 Å². The van der Waals surface area contributed by atoms with Gasteiger partial charge in [0.15, 0.2) is 0 Å². The molecule has 0 bridgehead atoms. The molecular formula is C21H25N3O3. The van der Waals surface area contributed by atoms with Crippen LogP contribution in [0.2, 0.25) is 0 Å². The highest BCUT2D eigenvalue weighted by molar-refractivity contribution is 5.90. The van der Waals surface area contributed by atoms with Gasteiger partial charge < -0.3 is 20.3 Å². The monoisotopic (exact) mass is 367 g/mol. The zero-order chi connectivity index (χ0) is 19.6. The molecule has 142 valence electrons. The number of benzene rings is 2. The van der Waals surface area contributed by atoms with Crippen molar-refractivity contribution in [2.75, 3.05) is 30.9 Å². The SMILES string of the molecule is CCOC(=O)C=Cc1ccc(NC(=O)NCc2ccc(N(C)C)cc2)cc1. The summed E-state index contributed by atoms with van der Waals surface area (Å²) in [6.07, 6.45) is 3.04. The van der Waals surface area contributed by atoms with Crippen molar-refractivity contribution in [2.24, 2.45) is 0 Å². The van der Waals surface area contributed by atoms with Crippen molar-refractivity contribution in [2.45, 2.75) is 13.5 Å². The number of carbonyl (C=O) groups is 2. The largest absolute Gasteiger partial charge is 0.463 e.